The number of carbonyl (C=O) groups excluding carboxylic acids is 1. The summed E-state index contributed by atoms with van der Waals surface area (Å²) < 4.78 is 4.92. The summed E-state index contributed by atoms with van der Waals surface area (Å²) in [5.74, 6) is 0.853. The van der Waals surface area contributed by atoms with Gasteiger partial charge < -0.3 is 21.1 Å². The quantitative estimate of drug-likeness (QED) is 0.475. The Kier molecular flexibility index (Phi) is 9.12. The molecular weight excluding hydrogens is 312 g/mol. The largest absolute Gasteiger partial charge is 0.450 e. The molecule has 0 spiro atoms. The number of nitrogens with two attached hydrogens (primary N) is 1. The van der Waals surface area contributed by atoms with Gasteiger partial charge in [0.25, 0.3) is 0 Å². The summed E-state index contributed by atoms with van der Waals surface area (Å²) in [6.07, 6.45) is 1.34. The third kappa shape index (κ3) is 9.07. The van der Waals surface area contributed by atoms with Crippen molar-refractivity contribution in [1.29, 1.82) is 0 Å². The zero-order valence-corrected chi connectivity index (χ0v) is 15.0. The lowest BCUT2D eigenvalue weighted by Gasteiger charge is -2.18. The molecule has 1 amide bonds. The fourth-order valence-corrected chi connectivity index (χ4v) is 2.83. The number of amides is 1. The first-order valence-electron chi connectivity index (χ1n) is 8.00. The molecule has 1 atom stereocenters. The molecule has 0 saturated heterocycles. The minimum Gasteiger partial charge on any atom is -0.450 e. The normalized spacial score (nSPS) is 13.0. The number of aliphatic imine (C=N–C) groups is 1. The van der Waals surface area contributed by atoms with Gasteiger partial charge in [-0.3, -0.25) is 4.99 Å². The number of hydrogen-bond donors (Lipinski definition) is 3. The van der Waals surface area contributed by atoms with Gasteiger partial charge in [-0.1, -0.05) is 19.9 Å². The molecule has 1 unspecified atom stereocenters. The van der Waals surface area contributed by atoms with Gasteiger partial charge in [0.1, 0.15) is 0 Å². The molecule has 1 aromatic heterocycles. The van der Waals surface area contributed by atoms with Crippen LogP contribution >= 0.6 is 11.3 Å². The van der Waals surface area contributed by atoms with Crippen molar-refractivity contribution in [1.82, 2.24) is 10.6 Å². The Labute approximate surface area is 142 Å². The van der Waals surface area contributed by atoms with E-state index in [1.165, 1.54) is 4.88 Å². The van der Waals surface area contributed by atoms with E-state index in [2.05, 4.69) is 40.9 Å². The van der Waals surface area contributed by atoms with Crippen LogP contribution in [0.25, 0.3) is 0 Å². The fourth-order valence-electron chi connectivity index (χ4n) is 2.12. The van der Waals surface area contributed by atoms with E-state index < -0.39 is 6.09 Å². The van der Waals surface area contributed by atoms with Crippen molar-refractivity contribution in [3.8, 4) is 0 Å². The summed E-state index contributed by atoms with van der Waals surface area (Å²) in [6, 6.07) is 4.06. The molecule has 23 heavy (non-hydrogen) atoms. The van der Waals surface area contributed by atoms with E-state index in [0.717, 1.165) is 19.4 Å². The molecule has 1 aromatic rings. The molecule has 0 saturated carbocycles. The Morgan fingerprint density at radius 3 is 2.87 bits per heavy atom. The van der Waals surface area contributed by atoms with E-state index in [4.69, 9.17) is 10.5 Å². The molecule has 1 rings (SSSR count). The van der Waals surface area contributed by atoms with Crippen LogP contribution in [0.2, 0.25) is 0 Å². The second-order valence-corrected chi connectivity index (χ2v) is 6.71. The second kappa shape index (κ2) is 10.9. The maximum Gasteiger partial charge on any atom is 0.407 e. The number of hydrogen-bond acceptors (Lipinski definition) is 4. The minimum absolute atomic E-state index is 0.0771. The van der Waals surface area contributed by atoms with Gasteiger partial charge in [-0.25, -0.2) is 4.79 Å². The van der Waals surface area contributed by atoms with Gasteiger partial charge in [0.2, 0.25) is 0 Å². The predicted molar refractivity (Wildman–Crippen MR) is 95.9 cm³/mol. The van der Waals surface area contributed by atoms with E-state index in [0.29, 0.717) is 25.0 Å². The fraction of sp³-hybridized carbons (Fsp3) is 0.625. The average Bonchev–Trinajstić information content (AvgIpc) is 2.97. The molecule has 4 N–H and O–H groups in total. The summed E-state index contributed by atoms with van der Waals surface area (Å²) in [5.41, 5.74) is 5.88. The molecule has 0 aliphatic carbocycles. The van der Waals surface area contributed by atoms with Crippen molar-refractivity contribution in [2.45, 2.75) is 39.7 Å². The maximum atomic E-state index is 11.6. The zero-order valence-electron chi connectivity index (χ0n) is 14.2. The highest BCUT2D eigenvalue weighted by Crippen LogP contribution is 2.08. The Morgan fingerprint density at radius 1 is 1.48 bits per heavy atom. The summed E-state index contributed by atoms with van der Waals surface area (Å²) in [5, 5.41) is 7.99. The topological polar surface area (TPSA) is 88.7 Å². The van der Waals surface area contributed by atoms with Gasteiger partial charge in [0.15, 0.2) is 5.96 Å². The van der Waals surface area contributed by atoms with E-state index in [1.807, 2.05) is 6.07 Å². The molecule has 1 heterocycles. The SMILES string of the molecule is CCOC(=O)NC(CN=C(N)NCCc1cccs1)CC(C)C. The molecule has 7 heteroatoms. The number of carbonyl (C=O) groups is 1. The lowest BCUT2D eigenvalue weighted by Crippen LogP contribution is -2.40. The number of rotatable bonds is 9. The van der Waals surface area contributed by atoms with Crippen LogP contribution in [0.4, 0.5) is 4.79 Å². The third-order valence-corrected chi connectivity index (χ3v) is 4.03. The summed E-state index contributed by atoms with van der Waals surface area (Å²) in [4.78, 5) is 17.2. The van der Waals surface area contributed by atoms with Crippen LogP contribution in [0.1, 0.15) is 32.1 Å². The number of nitrogens with zero attached hydrogens (tertiary/aromatic N) is 1. The first-order chi connectivity index (χ1) is 11.0. The van der Waals surface area contributed by atoms with Crippen LogP contribution in [-0.4, -0.2) is 37.8 Å². The standard InChI is InChI=1S/C16H28N4O2S/c1-4-22-16(21)20-13(10-12(2)3)11-19-15(17)18-8-7-14-6-5-9-23-14/h5-6,9,12-13H,4,7-8,10-11H2,1-3H3,(H,20,21)(H3,17,18,19). The number of thiophene rings is 1. The number of nitrogens with one attached hydrogen (secondary N) is 2. The van der Waals surface area contributed by atoms with E-state index in [1.54, 1.807) is 18.3 Å². The molecular formula is C16H28N4O2S. The van der Waals surface area contributed by atoms with Crippen LogP contribution in [0.15, 0.2) is 22.5 Å². The lowest BCUT2D eigenvalue weighted by molar-refractivity contribution is 0.147. The average molecular weight is 340 g/mol. The van der Waals surface area contributed by atoms with Crippen LogP contribution in [0, 0.1) is 5.92 Å². The summed E-state index contributed by atoms with van der Waals surface area (Å²) in [7, 11) is 0. The van der Waals surface area contributed by atoms with Gasteiger partial charge >= 0.3 is 6.09 Å². The highest BCUT2D eigenvalue weighted by atomic mass is 32.1. The van der Waals surface area contributed by atoms with Gasteiger partial charge in [0.05, 0.1) is 19.2 Å². The molecule has 130 valence electrons. The minimum atomic E-state index is -0.405. The van der Waals surface area contributed by atoms with E-state index in [9.17, 15) is 4.79 Å². The first kappa shape index (κ1) is 19.3. The van der Waals surface area contributed by atoms with E-state index >= 15 is 0 Å². The van der Waals surface area contributed by atoms with Crippen LogP contribution < -0.4 is 16.4 Å². The van der Waals surface area contributed by atoms with Crippen LogP contribution in [0.3, 0.4) is 0 Å². The molecule has 0 aliphatic rings. The maximum absolute atomic E-state index is 11.6. The van der Waals surface area contributed by atoms with Gasteiger partial charge in [-0.2, -0.15) is 0 Å². The Bertz CT molecular complexity index is 474. The molecule has 0 aliphatic heterocycles. The van der Waals surface area contributed by atoms with Crippen molar-refractivity contribution in [2.24, 2.45) is 16.6 Å². The number of ether oxygens (including phenoxy) is 1. The van der Waals surface area contributed by atoms with Crippen molar-refractivity contribution < 1.29 is 9.53 Å². The van der Waals surface area contributed by atoms with Gasteiger partial charge in [0, 0.05) is 11.4 Å². The van der Waals surface area contributed by atoms with Crippen molar-refractivity contribution in [3.63, 3.8) is 0 Å². The summed E-state index contributed by atoms with van der Waals surface area (Å²) >= 11 is 1.73. The predicted octanol–water partition coefficient (Wildman–Crippen LogP) is 2.36. The molecule has 6 nitrogen and oxygen atoms in total. The molecule has 0 aromatic carbocycles. The molecule has 0 fully saturated rings. The third-order valence-electron chi connectivity index (χ3n) is 3.09. The Balaban J connectivity index is 2.38. The highest BCUT2D eigenvalue weighted by molar-refractivity contribution is 7.09. The monoisotopic (exact) mass is 340 g/mol. The smallest absolute Gasteiger partial charge is 0.407 e. The van der Waals surface area contributed by atoms with Crippen molar-refractivity contribution in [2.75, 3.05) is 19.7 Å². The zero-order chi connectivity index (χ0) is 17.1. The van der Waals surface area contributed by atoms with Gasteiger partial charge in [-0.15, -0.1) is 11.3 Å². The first-order valence-corrected chi connectivity index (χ1v) is 8.88. The number of guanidine groups is 1. The Morgan fingerprint density at radius 2 is 2.26 bits per heavy atom. The van der Waals surface area contributed by atoms with Crippen LogP contribution in [0.5, 0.6) is 0 Å². The molecule has 0 radical (unpaired) electrons. The van der Waals surface area contributed by atoms with Crippen LogP contribution in [-0.2, 0) is 11.2 Å². The van der Waals surface area contributed by atoms with Crippen molar-refractivity contribution in [3.05, 3.63) is 22.4 Å². The second-order valence-electron chi connectivity index (χ2n) is 5.67. The van der Waals surface area contributed by atoms with Crippen molar-refractivity contribution >= 4 is 23.4 Å². The Hall–Kier alpha value is -1.76. The number of alkyl carbamates (subject to hydrolysis) is 1. The van der Waals surface area contributed by atoms with Gasteiger partial charge in [-0.05, 0) is 37.1 Å². The van der Waals surface area contributed by atoms with E-state index in [-0.39, 0.29) is 6.04 Å². The highest BCUT2D eigenvalue weighted by Gasteiger charge is 2.14. The lowest BCUT2D eigenvalue weighted by atomic mass is 10.0. The molecule has 0 bridgehead atoms. The summed E-state index contributed by atoms with van der Waals surface area (Å²) in [6.45, 7) is 7.53.